The van der Waals surface area contributed by atoms with Gasteiger partial charge in [0.2, 0.25) is 15.9 Å². The Morgan fingerprint density at radius 1 is 1.11 bits per heavy atom. The molecule has 1 N–H and O–H groups in total. The minimum absolute atomic E-state index is 0.0544. The molecule has 0 atom stereocenters. The number of hydrogen-bond donors (Lipinski definition) is 1. The molecule has 0 fully saturated rings. The summed E-state index contributed by atoms with van der Waals surface area (Å²) in [6, 6.07) is 10.8. The number of nitrogens with zero attached hydrogens (tertiary/aromatic N) is 4. The lowest BCUT2D eigenvalue weighted by Crippen LogP contribution is -2.38. The average molecular weight is 399 g/mol. The molecule has 0 unspecified atom stereocenters. The van der Waals surface area contributed by atoms with Crippen molar-refractivity contribution in [3.05, 3.63) is 78.6 Å². The van der Waals surface area contributed by atoms with Crippen molar-refractivity contribution in [2.75, 3.05) is 13.6 Å². The van der Waals surface area contributed by atoms with E-state index >= 15 is 0 Å². The number of rotatable bonds is 8. The molecule has 0 saturated carbocycles. The SMILES string of the molecule is CN(CC(=O)NCc1ccc(Cn2ccnc2)cc1)S(=O)(=O)c1cccnc1. The molecule has 3 rings (SSSR count). The third-order valence-electron chi connectivity index (χ3n) is 4.15. The third kappa shape index (κ3) is 5.02. The Bertz CT molecular complexity index is 1000. The van der Waals surface area contributed by atoms with Gasteiger partial charge in [-0.1, -0.05) is 24.3 Å². The predicted molar refractivity (Wildman–Crippen MR) is 104 cm³/mol. The van der Waals surface area contributed by atoms with E-state index in [2.05, 4.69) is 15.3 Å². The van der Waals surface area contributed by atoms with Crippen LogP contribution in [0.5, 0.6) is 0 Å². The molecule has 0 spiro atoms. The fraction of sp³-hybridized carbons (Fsp3) is 0.211. The molecule has 0 radical (unpaired) electrons. The second-order valence-electron chi connectivity index (χ2n) is 6.28. The summed E-state index contributed by atoms with van der Waals surface area (Å²) in [5, 5.41) is 2.74. The van der Waals surface area contributed by atoms with Crippen molar-refractivity contribution in [1.82, 2.24) is 24.2 Å². The Hall–Kier alpha value is -3.04. The van der Waals surface area contributed by atoms with E-state index in [1.165, 1.54) is 31.6 Å². The molecule has 0 aliphatic heterocycles. The standard InChI is InChI=1S/C19H21N5O3S/c1-23(28(26,27)18-3-2-8-20-12-18)14-19(25)22-11-16-4-6-17(7-5-16)13-24-10-9-21-15-24/h2-10,12,15H,11,13-14H2,1H3,(H,22,25). The maximum absolute atomic E-state index is 12.4. The summed E-state index contributed by atoms with van der Waals surface area (Å²) < 4.78 is 27.8. The second kappa shape index (κ2) is 8.77. The van der Waals surface area contributed by atoms with Crippen molar-refractivity contribution in [3.8, 4) is 0 Å². The Morgan fingerprint density at radius 3 is 2.50 bits per heavy atom. The van der Waals surface area contributed by atoms with Crippen molar-refractivity contribution < 1.29 is 13.2 Å². The molecule has 2 heterocycles. The number of imidazole rings is 1. The van der Waals surface area contributed by atoms with Gasteiger partial charge in [-0.15, -0.1) is 0 Å². The second-order valence-corrected chi connectivity index (χ2v) is 8.32. The Morgan fingerprint density at radius 2 is 1.86 bits per heavy atom. The molecule has 0 aliphatic rings. The Kier molecular flexibility index (Phi) is 6.17. The maximum Gasteiger partial charge on any atom is 0.244 e. The van der Waals surface area contributed by atoms with Crippen LogP contribution in [0, 0.1) is 0 Å². The number of nitrogens with one attached hydrogen (secondary N) is 1. The highest BCUT2D eigenvalue weighted by molar-refractivity contribution is 7.89. The van der Waals surface area contributed by atoms with E-state index in [9.17, 15) is 13.2 Å². The van der Waals surface area contributed by atoms with Gasteiger partial charge in [0.05, 0.1) is 12.9 Å². The molecule has 28 heavy (non-hydrogen) atoms. The number of amides is 1. The summed E-state index contributed by atoms with van der Waals surface area (Å²) in [5.41, 5.74) is 2.05. The molecule has 9 heteroatoms. The molecule has 2 aromatic heterocycles. The first kappa shape index (κ1) is 19.7. The highest BCUT2D eigenvalue weighted by Crippen LogP contribution is 2.12. The van der Waals surface area contributed by atoms with Crippen molar-refractivity contribution in [2.45, 2.75) is 18.0 Å². The van der Waals surface area contributed by atoms with Gasteiger partial charge in [-0.3, -0.25) is 9.78 Å². The number of sulfonamides is 1. The van der Waals surface area contributed by atoms with E-state index < -0.39 is 10.0 Å². The molecule has 0 saturated heterocycles. The molecule has 0 aliphatic carbocycles. The topological polar surface area (TPSA) is 97.2 Å². The number of hydrogen-bond acceptors (Lipinski definition) is 5. The molecule has 0 bridgehead atoms. The predicted octanol–water partition coefficient (Wildman–Crippen LogP) is 1.26. The maximum atomic E-state index is 12.4. The van der Waals surface area contributed by atoms with E-state index in [4.69, 9.17) is 0 Å². The zero-order chi connectivity index (χ0) is 20.0. The number of benzene rings is 1. The minimum Gasteiger partial charge on any atom is -0.351 e. The van der Waals surface area contributed by atoms with Crippen molar-refractivity contribution in [3.63, 3.8) is 0 Å². The number of aromatic nitrogens is 3. The van der Waals surface area contributed by atoms with Crippen LogP contribution in [0.25, 0.3) is 0 Å². The highest BCUT2D eigenvalue weighted by atomic mass is 32.2. The molecular formula is C19H21N5O3S. The largest absolute Gasteiger partial charge is 0.351 e. The van der Waals surface area contributed by atoms with Gasteiger partial charge in [-0.2, -0.15) is 4.31 Å². The van der Waals surface area contributed by atoms with Crippen LogP contribution in [-0.4, -0.2) is 46.8 Å². The Labute approximate surface area is 163 Å². The van der Waals surface area contributed by atoms with Crippen molar-refractivity contribution >= 4 is 15.9 Å². The number of carbonyl (C=O) groups is 1. The van der Waals surface area contributed by atoms with Crippen LogP contribution in [0.4, 0.5) is 0 Å². The van der Waals surface area contributed by atoms with Gasteiger partial charge in [-0.25, -0.2) is 13.4 Å². The van der Waals surface area contributed by atoms with Gasteiger partial charge in [0.25, 0.3) is 0 Å². The van der Waals surface area contributed by atoms with Gasteiger partial charge in [0, 0.05) is 44.9 Å². The lowest BCUT2D eigenvalue weighted by atomic mass is 10.1. The quantitative estimate of drug-likeness (QED) is 0.615. The normalized spacial score (nSPS) is 11.5. The van der Waals surface area contributed by atoms with Crippen LogP contribution >= 0.6 is 0 Å². The van der Waals surface area contributed by atoms with E-state index in [-0.39, 0.29) is 17.3 Å². The summed E-state index contributed by atoms with van der Waals surface area (Å²) in [6.45, 7) is 0.782. The van der Waals surface area contributed by atoms with Crippen LogP contribution in [0.1, 0.15) is 11.1 Å². The van der Waals surface area contributed by atoms with Crippen LogP contribution in [0.2, 0.25) is 0 Å². The first-order chi connectivity index (χ1) is 13.4. The van der Waals surface area contributed by atoms with E-state index in [0.717, 1.165) is 22.0 Å². The number of likely N-dealkylation sites (N-methyl/N-ethyl adjacent to an activating group) is 1. The monoisotopic (exact) mass is 399 g/mol. The first-order valence-corrected chi connectivity index (χ1v) is 10.1. The Balaban J connectivity index is 1.51. The number of pyridine rings is 1. The van der Waals surface area contributed by atoms with Crippen LogP contribution in [-0.2, 0) is 27.9 Å². The van der Waals surface area contributed by atoms with Gasteiger partial charge in [0.1, 0.15) is 4.90 Å². The summed E-state index contributed by atoms with van der Waals surface area (Å²) in [6.07, 6.45) is 8.13. The summed E-state index contributed by atoms with van der Waals surface area (Å²) in [5.74, 6) is -0.377. The summed E-state index contributed by atoms with van der Waals surface area (Å²) in [4.78, 5) is 20.0. The highest BCUT2D eigenvalue weighted by Gasteiger charge is 2.22. The fourth-order valence-corrected chi connectivity index (χ4v) is 3.67. The summed E-state index contributed by atoms with van der Waals surface area (Å²) in [7, 11) is -2.38. The van der Waals surface area contributed by atoms with Crippen molar-refractivity contribution in [2.24, 2.45) is 0 Å². The molecule has 3 aromatic rings. The lowest BCUT2D eigenvalue weighted by Gasteiger charge is -2.16. The fourth-order valence-electron chi connectivity index (χ4n) is 2.58. The number of carbonyl (C=O) groups excluding carboxylic acids is 1. The molecule has 1 amide bonds. The zero-order valence-electron chi connectivity index (χ0n) is 15.4. The van der Waals surface area contributed by atoms with Gasteiger partial charge < -0.3 is 9.88 Å². The minimum atomic E-state index is -3.74. The lowest BCUT2D eigenvalue weighted by molar-refractivity contribution is -0.121. The first-order valence-electron chi connectivity index (χ1n) is 8.62. The van der Waals surface area contributed by atoms with E-state index in [1.54, 1.807) is 12.5 Å². The van der Waals surface area contributed by atoms with Gasteiger partial charge in [-0.05, 0) is 23.3 Å². The van der Waals surface area contributed by atoms with E-state index in [0.29, 0.717) is 6.54 Å². The van der Waals surface area contributed by atoms with Gasteiger partial charge in [0.15, 0.2) is 0 Å². The third-order valence-corrected chi connectivity index (χ3v) is 5.93. The summed E-state index contributed by atoms with van der Waals surface area (Å²) >= 11 is 0. The zero-order valence-corrected chi connectivity index (χ0v) is 16.2. The average Bonchev–Trinajstić information content (AvgIpc) is 3.21. The van der Waals surface area contributed by atoms with Gasteiger partial charge >= 0.3 is 0 Å². The van der Waals surface area contributed by atoms with Crippen LogP contribution in [0.15, 0.2) is 72.4 Å². The van der Waals surface area contributed by atoms with Crippen molar-refractivity contribution in [1.29, 1.82) is 0 Å². The van der Waals surface area contributed by atoms with Crippen LogP contribution < -0.4 is 5.32 Å². The molecule has 1 aromatic carbocycles. The smallest absolute Gasteiger partial charge is 0.244 e. The van der Waals surface area contributed by atoms with Crippen LogP contribution in [0.3, 0.4) is 0 Å². The molecule has 8 nitrogen and oxygen atoms in total. The van der Waals surface area contributed by atoms with E-state index in [1.807, 2.05) is 35.0 Å². The molecule has 146 valence electrons. The molecular weight excluding hydrogens is 378 g/mol.